The van der Waals surface area contributed by atoms with Gasteiger partial charge in [-0.15, -0.1) is 0 Å². The molecule has 1 saturated heterocycles. The average Bonchev–Trinajstić information content (AvgIpc) is 2.56. The number of carbonyl (C=O) groups is 1. The molecule has 0 saturated carbocycles. The second kappa shape index (κ2) is 4.27. The molecule has 0 radical (unpaired) electrons. The van der Waals surface area contributed by atoms with Crippen molar-refractivity contribution < 1.29 is 4.79 Å². The van der Waals surface area contributed by atoms with Crippen molar-refractivity contribution in [2.45, 2.75) is 26.7 Å². The molecule has 1 aliphatic rings. The predicted molar refractivity (Wildman–Crippen MR) is 49.8 cm³/mol. The number of amides is 1. The molecule has 72 valence electrons. The van der Waals surface area contributed by atoms with Gasteiger partial charge in [0.15, 0.2) is 0 Å². The molecule has 0 aromatic rings. The highest BCUT2D eigenvalue weighted by molar-refractivity contribution is 5.81. The molecule has 0 spiro atoms. The number of nitrogens with zero attached hydrogens (tertiary/aromatic N) is 2. The van der Waals surface area contributed by atoms with E-state index in [0.29, 0.717) is 0 Å². The maximum absolute atomic E-state index is 11.7. The Bertz CT molecular complexity index is 224. The number of likely N-dealkylation sites (tertiary alicyclic amines) is 1. The summed E-state index contributed by atoms with van der Waals surface area (Å²) in [6, 6.07) is 2.09. The van der Waals surface area contributed by atoms with E-state index in [1.54, 1.807) is 0 Å². The van der Waals surface area contributed by atoms with Crippen LogP contribution in [0.25, 0.3) is 0 Å². The van der Waals surface area contributed by atoms with Crippen LogP contribution in [-0.4, -0.2) is 23.9 Å². The molecule has 0 aromatic heterocycles. The van der Waals surface area contributed by atoms with Crippen molar-refractivity contribution in [2.24, 2.45) is 11.8 Å². The number of hydrogen-bond acceptors (Lipinski definition) is 2. The number of hydrogen-bond donors (Lipinski definition) is 0. The Hall–Kier alpha value is -1.04. The van der Waals surface area contributed by atoms with Gasteiger partial charge in [-0.3, -0.25) is 4.79 Å². The molecular formula is C10H16N2O. The van der Waals surface area contributed by atoms with Gasteiger partial charge >= 0.3 is 0 Å². The maximum atomic E-state index is 11.7. The summed E-state index contributed by atoms with van der Waals surface area (Å²) in [5, 5.41) is 8.83. The first-order valence-corrected chi connectivity index (χ1v) is 4.85. The van der Waals surface area contributed by atoms with Crippen molar-refractivity contribution in [1.82, 2.24) is 4.90 Å². The van der Waals surface area contributed by atoms with E-state index in [1.807, 2.05) is 18.7 Å². The zero-order valence-corrected chi connectivity index (χ0v) is 8.29. The van der Waals surface area contributed by atoms with E-state index in [0.717, 1.165) is 25.9 Å². The van der Waals surface area contributed by atoms with Gasteiger partial charge in [0.2, 0.25) is 5.91 Å². The van der Waals surface area contributed by atoms with Crippen LogP contribution in [0.15, 0.2) is 0 Å². The van der Waals surface area contributed by atoms with Gasteiger partial charge in [-0.2, -0.15) is 5.26 Å². The van der Waals surface area contributed by atoms with Crippen molar-refractivity contribution >= 4 is 5.91 Å². The van der Waals surface area contributed by atoms with E-state index in [1.165, 1.54) is 0 Å². The lowest BCUT2D eigenvalue weighted by Gasteiger charge is -2.20. The molecule has 13 heavy (non-hydrogen) atoms. The smallest absolute Gasteiger partial charge is 0.240 e. The quantitative estimate of drug-likeness (QED) is 0.644. The molecule has 1 rings (SSSR count). The van der Waals surface area contributed by atoms with Crippen molar-refractivity contribution in [3.63, 3.8) is 0 Å². The fraction of sp³-hybridized carbons (Fsp3) is 0.800. The summed E-state index contributed by atoms with van der Waals surface area (Å²) in [4.78, 5) is 13.5. The Morgan fingerprint density at radius 1 is 1.38 bits per heavy atom. The Morgan fingerprint density at radius 3 is 2.31 bits per heavy atom. The minimum Gasteiger partial charge on any atom is -0.342 e. The Labute approximate surface area is 79.3 Å². The zero-order valence-electron chi connectivity index (χ0n) is 8.29. The molecule has 1 heterocycles. The van der Waals surface area contributed by atoms with Crippen molar-refractivity contribution in [1.29, 1.82) is 5.26 Å². The predicted octanol–water partition coefficient (Wildman–Crippen LogP) is 1.40. The molecule has 3 nitrogen and oxygen atoms in total. The second-order valence-corrected chi connectivity index (χ2v) is 3.88. The molecular weight excluding hydrogens is 164 g/mol. The molecule has 0 aromatic carbocycles. The third kappa shape index (κ3) is 2.21. The van der Waals surface area contributed by atoms with Crippen molar-refractivity contribution in [2.75, 3.05) is 13.1 Å². The van der Waals surface area contributed by atoms with Crippen LogP contribution in [0.2, 0.25) is 0 Å². The zero-order chi connectivity index (χ0) is 9.84. The average molecular weight is 180 g/mol. The molecule has 0 bridgehead atoms. The summed E-state index contributed by atoms with van der Waals surface area (Å²) in [6.07, 6.45) is 2.17. The third-order valence-electron chi connectivity index (χ3n) is 2.49. The lowest BCUT2D eigenvalue weighted by atomic mass is 9.96. The highest BCUT2D eigenvalue weighted by Gasteiger charge is 2.28. The van der Waals surface area contributed by atoms with Crippen molar-refractivity contribution in [3.05, 3.63) is 0 Å². The molecule has 1 fully saturated rings. The van der Waals surface area contributed by atoms with E-state index in [2.05, 4.69) is 6.07 Å². The van der Waals surface area contributed by atoms with Crippen LogP contribution in [-0.2, 0) is 4.79 Å². The van der Waals surface area contributed by atoms with Crippen LogP contribution in [0.5, 0.6) is 0 Å². The highest BCUT2D eigenvalue weighted by Crippen LogP contribution is 2.17. The van der Waals surface area contributed by atoms with E-state index >= 15 is 0 Å². The van der Waals surface area contributed by atoms with Gasteiger partial charge in [0.25, 0.3) is 0 Å². The molecule has 1 aliphatic heterocycles. The van der Waals surface area contributed by atoms with Gasteiger partial charge in [-0.05, 0) is 18.8 Å². The first kappa shape index (κ1) is 10.0. The Balaban J connectivity index is 2.59. The van der Waals surface area contributed by atoms with Crippen LogP contribution >= 0.6 is 0 Å². The van der Waals surface area contributed by atoms with E-state index < -0.39 is 5.92 Å². The second-order valence-electron chi connectivity index (χ2n) is 3.88. The van der Waals surface area contributed by atoms with Gasteiger partial charge in [0, 0.05) is 13.1 Å². The molecule has 3 heteroatoms. The minimum atomic E-state index is -0.446. The molecule has 0 aliphatic carbocycles. The van der Waals surface area contributed by atoms with E-state index in [9.17, 15) is 4.79 Å². The topological polar surface area (TPSA) is 44.1 Å². The van der Waals surface area contributed by atoms with E-state index in [-0.39, 0.29) is 11.8 Å². The first-order valence-electron chi connectivity index (χ1n) is 4.85. The fourth-order valence-electron chi connectivity index (χ4n) is 1.62. The van der Waals surface area contributed by atoms with Gasteiger partial charge < -0.3 is 4.90 Å². The molecule has 1 atom stereocenters. The van der Waals surface area contributed by atoms with E-state index in [4.69, 9.17) is 5.26 Å². The fourth-order valence-corrected chi connectivity index (χ4v) is 1.62. The summed E-state index contributed by atoms with van der Waals surface area (Å²) in [5.41, 5.74) is 0. The third-order valence-corrected chi connectivity index (χ3v) is 2.49. The number of carbonyl (C=O) groups excluding carboxylic acids is 1. The summed E-state index contributed by atoms with van der Waals surface area (Å²) >= 11 is 0. The van der Waals surface area contributed by atoms with Gasteiger partial charge in [0.05, 0.1) is 6.07 Å². The maximum Gasteiger partial charge on any atom is 0.240 e. The number of nitriles is 1. The normalized spacial score (nSPS) is 18.8. The standard InChI is InChI=1S/C10H16N2O/c1-8(2)9(7-11)10(13)12-5-3-4-6-12/h8-9H,3-6H2,1-2H3. The lowest BCUT2D eigenvalue weighted by Crippen LogP contribution is -2.35. The van der Waals surface area contributed by atoms with Crippen LogP contribution < -0.4 is 0 Å². The summed E-state index contributed by atoms with van der Waals surface area (Å²) in [7, 11) is 0. The van der Waals surface area contributed by atoms with Crippen LogP contribution in [0.4, 0.5) is 0 Å². The van der Waals surface area contributed by atoms with Crippen molar-refractivity contribution in [3.8, 4) is 6.07 Å². The summed E-state index contributed by atoms with van der Waals surface area (Å²) in [6.45, 7) is 5.51. The monoisotopic (exact) mass is 180 g/mol. The largest absolute Gasteiger partial charge is 0.342 e. The Morgan fingerprint density at radius 2 is 1.92 bits per heavy atom. The molecule has 1 amide bonds. The highest BCUT2D eigenvalue weighted by atomic mass is 16.2. The molecule has 1 unspecified atom stereocenters. The summed E-state index contributed by atoms with van der Waals surface area (Å²) in [5.74, 6) is -0.300. The SMILES string of the molecule is CC(C)C(C#N)C(=O)N1CCCC1. The molecule has 0 N–H and O–H groups in total. The van der Waals surface area contributed by atoms with Crippen LogP contribution in [0.3, 0.4) is 0 Å². The van der Waals surface area contributed by atoms with Crippen LogP contribution in [0, 0.1) is 23.2 Å². The Kier molecular flexibility index (Phi) is 3.30. The number of rotatable bonds is 2. The first-order chi connectivity index (χ1) is 6.16. The van der Waals surface area contributed by atoms with Crippen LogP contribution in [0.1, 0.15) is 26.7 Å². The van der Waals surface area contributed by atoms with Gasteiger partial charge in [0.1, 0.15) is 5.92 Å². The van der Waals surface area contributed by atoms with Gasteiger partial charge in [-0.25, -0.2) is 0 Å². The minimum absolute atomic E-state index is 0.0231. The summed E-state index contributed by atoms with van der Waals surface area (Å²) < 4.78 is 0. The van der Waals surface area contributed by atoms with Gasteiger partial charge in [-0.1, -0.05) is 13.8 Å². The lowest BCUT2D eigenvalue weighted by molar-refractivity contribution is -0.133.